The van der Waals surface area contributed by atoms with Crippen molar-refractivity contribution < 1.29 is 4.79 Å². The molecule has 1 aliphatic carbocycles. The average molecular weight is 288 g/mol. The zero-order valence-corrected chi connectivity index (χ0v) is 12.9. The summed E-state index contributed by atoms with van der Waals surface area (Å²) < 4.78 is 0. The van der Waals surface area contributed by atoms with Crippen LogP contribution in [0.4, 0.5) is 4.79 Å². The van der Waals surface area contributed by atoms with E-state index in [1.165, 1.54) is 19.3 Å². The van der Waals surface area contributed by atoms with Gasteiger partial charge in [-0.3, -0.25) is 4.98 Å². The van der Waals surface area contributed by atoms with Crippen LogP contribution in [0.2, 0.25) is 0 Å². The molecule has 2 heterocycles. The van der Waals surface area contributed by atoms with Crippen molar-refractivity contribution in [3.8, 4) is 0 Å². The van der Waals surface area contributed by atoms with Gasteiger partial charge in [-0.15, -0.1) is 0 Å². The van der Waals surface area contributed by atoms with Gasteiger partial charge in [-0.1, -0.05) is 6.42 Å². The van der Waals surface area contributed by atoms with Crippen molar-refractivity contribution in [1.82, 2.24) is 15.2 Å². The van der Waals surface area contributed by atoms with Crippen molar-refractivity contribution in [3.05, 3.63) is 29.1 Å². The summed E-state index contributed by atoms with van der Waals surface area (Å²) in [4.78, 5) is 18.5. The number of hydrogen-bond acceptors (Lipinski definition) is 3. The van der Waals surface area contributed by atoms with Crippen LogP contribution in [0.25, 0.3) is 0 Å². The first-order valence-corrected chi connectivity index (χ1v) is 7.71. The Morgan fingerprint density at radius 2 is 2.10 bits per heavy atom. The van der Waals surface area contributed by atoms with E-state index in [2.05, 4.69) is 10.3 Å². The molecule has 5 nitrogen and oxygen atoms in total. The van der Waals surface area contributed by atoms with E-state index in [0.29, 0.717) is 13.1 Å². The number of pyridine rings is 1. The topological polar surface area (TPSA) is 71.2 Å². The highest BCUT2D eigenvalue weighted by Gasteiger charge is 2.49. The van der Waals surface area contributed by atoms with E-state index < -0.39 is 0 Å². The van der Waals surface area contributed by atoms with Gasteiger partial charge < -0.3 is 16.0 Å². The largest absolute Gasteiger partial charge is 0.334 e. The first-order valence-electron chi connectivity index (χ1n) is 7.71. The maximum atomic E-state index is 12.3. The normalized spacial score (nSPS) is 23.2. The van der Waals surface area contributed by atoms with Crippen LogP contribution in [0.15, 0.2) is 12.1 Å². The van der Waals surface area contributed by atoms with Gasteiger partial charge in [0.25, 0.3) is 0 Å². The molecule has 0 aromatic carbocycles. The molecule has 114 valence electrons. The molecule has 1 aromatic heterocycles. The first-order chi connectivity index (χ1) is 9.98. The molecule has 5 heteroatoms. The number of rotatable bonds is 2. The van der Waals surface area contributed by atoms with Crippen LogP contribution in [0.5, 0.6) is 0 Å². The Balaban J connectivity index is 1.57. The number of aryl methyl sites for hydroxylation is 2. The van der Waals surface area contributed by atoms with Crippen molar-refractivity contribution in [1.29, 1.82) is 0 Å². The van der Waals surface area contributed by atoms with Gasteiger partial charge >= 0.3 is 6.03 Å². The highest BCUT2D eigenvalue weighted by atomic mass is 16.2. The van der Waals surface area contributed by atoms with E-state index in [1.807, 2.05) is 30.9 Å². The maximum absolute atomic E-state index is 12.3. The Morgan fingerprint density at radius 3 is 2.62 bits per heavy atom. The van der Waals surface area contributed by atoms with Gasteiger partial charge in [0.15, 0.2) is 0 Å². The van der Waals surface area contributed by atoms with Crippen molar-refractivity contribution >= 4 is 6.03 Å². The molecule has 1 aliphatic heterocycles. The van der Waals surface area contributed by atoms with Gasteiger partial charge in [0.2, 0.25) is 0 Å². The van der Waals surface area contributed by atoms with Gasteiger partial charge in [0.05, 0.1) is 0 Å². The van der Waals surface area contributed by atoms with E-state index in [1.54, 1.807) is 0 Å². The summed E-state index contributed by atoms with van der Waals surface area (Å²) >= 11 is 0. The van der Waals surface area contributed by atoms with Crippen molar-refractivity contribution in [2.75, 3.05) is 13.1 Å². The number of amides is 2. The predicted octanol–water partition coefficient (Wildman–Crippen LogP) is 1.72. The first kappa shape index (κ1) is 14.3. The average Bonchev–Trinajstić information content (AvgIpc) is 2.72. The number of aromatic nitrogens is 1. The van der Waals surface area contributed by atoms with Crippen LogP contribution in [0.3, 0.4) is 0 Å². The fourth-order valence-electron chi connectivity index (χ4n) is 3.62. The summed E-state index contributed by atoms with van der Waals surface area (Å²) in [6.45, 7) is 5.98. The fourth-order valence-corrected chi connectivity index (χ4v) is 3.62. The second-order valence-electron chi connectivity index (χ2n) is 6.62. The molecule has 0 radical (unpaired) electrons. The van der Waals surface area contributed by atoms with Crippen LogP contribution in [-0.2, 0) is 6.54 Å². The zero-order valence-electron chi connectivity index (χ0n) is 12.9. The second kappa shape index (κ2) is 5.30. The van der Waals surface area contributed by atoms with Crippen molar-refractivity contribution in [3.63, 3.8) is 0 Å². The van der Waals surface area contributed by atoms with Crippen molar-refractivity contribution in [2.45, 2.75) is 45.7 Å². The smallest absolute Gasteiger partial charge is 0.317 e. The van der Waals surface area contributed by atoms with Gasteiger partial charge in [0, 0.05) is 42.5 Å². The molecule has 1 saturated heterocycles. The van der Waals surface area contributed by atoms with E-state index in [0.717, 1.165) is 23.5 Å². The van der Waals surface area contributed by atoms with E-state index in [-0.39, 0.29) is 17.5 Å². The Morgan fingerprint density at radius 1 is 1.43 bits per heavy atom. The number of urea groups is 1. The van der Waals surface area contributed by atoms with Crippen molar-refractivity contribution in [2.24, 2.45) is 11.1 Å². The molecule has 1 atom stereocenters. The number of likely N-dealkylation sites (tertiary alicyclic amines) is 1. The molecule has 3 N–H and O–H groups in total. The number of carbonyl (C=O) groups is 1. The Bertz CT molecular complexity index is 533. The van der Waals surface area contributed by atoms with Gasteiger partial charge in [-0.25, -0.2) is 4.79 Å². The quantitative estimate of drug-likeness (QED) is 0.870. The maximum Gasteiger partial charge on any atom is 0.317 e. The lowest BCUT2D eigenvalue weighted by atomic mass is 9.66. The monoisotopic (exact) mass is 288 g/mol. The third-order valence-electron chi connectivity index (χ3n) is 4.93. The van der Waals surface area contributed by atoms with Crippen LogP contribution >= 0.6 is 0 Å². The summed E-state index contributed by atoms with van der Waals surface area (Å²) in [5, 5.41) is 3.01. The summed E-state index contributed by atoms with van der Waals surface area (Å²) in [5.41, 5.74) is 9.49. The summed E-state index contributed by atoms with van der Waals surface area (Å²) in [7, 11) is 0. The SMILES string of the molecule is Cc1cc(CNC(=O)N2CC(N)C3(CCC3)C2)cc(C)n1. The minimum Gasteiger partial charge on any atom is -0.334 e. The number of nitrogens with one attached hydrogen (secondary N) is 1. The van der Waals surface area contributed by atoms with Gasteiger partial charge in [-0.05, 0) is 44.4 Å². The third kappa shape index (κ3) is 2.75. The predicted molar refractivity (Wildman–Crippen MR) is 81.8 cm³/mol. The molecule has 1 unspecified atom stereocenters. The number of hydrogen-bond donors (Lipinski definition) is 2. The number of nitrogens with two attached hydrogens (primary N) is 1. The summed E-state index contributed by atoms with van der Waals surface area (Å²) in [5.74, 6) is 0. The minimum atomic E-state index is 0.00124. The Kier molecular flexibility index (Phi) is 3.61. The molecule has 2 amide bonds. The molecule has 3 rings (SSSR count). The fraction of sp³-hybridized carbons (Fsp3) is 0.625. The van der Waals surface area contributed by atoms with E-state index >= 15 is 0 Å². The Hall–Kier alpha value is -1.62. The summed E-state index contributed by atoms with van der Waals surface area (Å²) in [6.07, 6.45) is 3.58. The van der Waals surface area contributed by atoms with Crippen LogP contribution in [0.1, 0.15) is 36.2 Å². The van der Waals surface area contributed by atoms with E-state index in [9.17, 15) is 4.79 Å². The highest BCUT2D eigenvalue weighted by Crippen LogP contribution is 2.47. The molecule has 2 aliphatic rings. The lowest BCUT2D eigenvalue weighted by Gasteiger charge is -2.41. The molecule has 0 bridgehead atoms. The molecule has 1 saturated carbocycles. The van der Waals surface area contributed by atoms with Crippen LogP contribution < -0.4 is 11.1 Å². The molecular weight excluding hydrogens is 264 g/mol. The van der Waals surface area contributed by atoms with Crippen LogP contribution in [-0.4, -0.2) is 35.0 Å². The third-order valence-corrected chi connectivity index (χ3v) is 4.93. The lowest BCUT2D eigenvalue weighted by Crippen LogP contribution is -2.45. The highest BCUT2D eigenvalue weighted by molar-refractivity contribution is 5.74. The molecular formula is C16H24N4O. The molecule has 1 spiro atoms. The van der Waals surface area contributed by atoms with Gasteiger partial charge in [0.1, 0.15) is 0 Å². The second-order valence-corrected chi connectivity index (χ2v) is 6.62. The molecule has 21 heavy (non-hydrogen) atoms. The lowest BCUT2D eigenvalue weighted by molar-refractivity contribution is 0.125. The summed E-state index contributed by atoms with van der Waals surface area (Å²) in [6, 6.07) is 4.16. The molecule has 1 aromatic rings. The number of carbonyl (C=O) groups excluding carboxylic acids is 1. The Labute approximate surface area is 125 Å². The number of nitrogens with zero attached hydrogens (tertiary/aromatic N) is 2. The standard InChI is InChI=1S/C16H24N4O/c1-11-6-13(7-12(2)19-11)8-18-15(21)20-9-14(17)16(10-20)4-3-5-16/h6-7,14H,3-5,8-10,17H2,1-2H3,(H,18,21). The zero-order chi connectivity index (χ0) is 15.0. The van der Waals surface area contributed by atoms with E-state index in [4.69, 9.17) is 5.73 Å². The molecule has 2 fully saturated rings. The van der Waals surface area contributed by atoms with Crippen LogP contribution in [0, 0.1) is 19.3 Å². The van der Waals surface area contributed by atoms with Gasteiger partial charge in [-0.2, -0.15) is 0 Å². The minimum absolute atomic E-state index is 0.00124.